The molecule has 4 heteroatoms. The van der Waals surface area contributed by atoms with E-state index < -0.39 is 0 Å². The van der Waals surface area contributed by atoms with Gasteiger partial charge < -0.3 is 4.90 Å². The van der Waals surface area contributed by atoms with Gasteiger partial charge in [0.25, 0.3) is 5.91 Å². The van der Waals surface area contributed by atoms with Crippen LogP contribution in [-0.4, -0.2) is 30.3 Å². The van der Waals surface area contributed by atoms with Crippen LogP contribution < -0.4 is 0 Å². The minimum atomic E-state index is 0.121. The summed E-state index contributed by atoms with van der Waals surface area (Å²) in [5.41, 5.74) is 0. The molecule has 1 rings (SSSR count). The monoisotopic (exact) mass is 245 g/mol. The number of rotatable bonds is 6. The molecule has 0 aliphatic rings. The predicted molar refractivity (Wildman–Crippen MR) is 65.9 cm³/mol. The number of carbonyl (C=O) groups is 1. The first-order chi connectivity index (χ1) is 7.25. The fourth-order valence-electron chi connectivity index (χ4n) is 1.31. The Kier molecular flexibility index (Phi) is 5.73. The predicted octanol–water partition coefficient (Wildman–Crippen LogP) is 3.23. The highest BCUT2D eigenvalue weighted by atomic mass is 35.5. The molecule has 2 nitrogen and oxygen atoms in total. The lowest BCUT2D eigenvalue weighted by atomic mass is 10.2. The molecule has 0 fully saturated rings. The molecule has 0 saturated carbocycles. The largest absolute Gasteiger partial charge is 0.341 e. The molecule has 0 radical (unpaired) electrons. The highest BCUT2D eigenvalue weighted by Crippen LogP contribution is 2.11. The quantitative estimate of drug-likeness (QED) is 0.557. The Morgan fingerprint density at radius 1 is 1.47 bits per heavy atom. The number of hydrogen-bond acceptors (Lipinski definition) is 2. The van der Waals surface area contributed by atoms with Gasteiger partial charge in [-0.05, 0) is 24.3 Å². The third-order valence-electron chi connectivity index (χ3n) is 2.21. The van der Waals surface area contributed by atoms with Gasteiger partial charge in [-0.2, -0.15) is 0 Å². The van der Waals surface area contributed by atoms with Crippen LogP contribution in [0.5, 0.6) is 0 Å². The summed E-state index contributed by atoms with van der Waals surface area (Å²) in [5, 5.41) is 1.93. The van der Waals surface area contributed by atoms with Crippen molar-refractivity contribution in [3.05, 3.63) is 22.4 Å². The Hall–Kier alpha value is -0.540. The van der Waals surface area contributed by atoms with Crippen LogP contribution in [0.3, 0.4) is 0 Å². The van der Waals surface area contributed by atoms with Gasteiger partial charge in [-0.25, -0.2) is 0 Å². The molecule has 1 aromatic heterocycles. The van der Waals surface area contributed by atoms with Crippen molar-refractivity contribution in [1.82, 2.24) is 4.90 Å². The third kappa shape index (κ3) is 4.22. The van der Waals surface area contributed by atoms with E-state index in [1.165, 1.54) is 11.3 Å². The van der Waals surface area contributed by atoms with Gasteiger partial charge in [0.2, 0.25) is 0 Å². The Morgan fingerprint density at radius 3 is 2.87 bits per heavy atom. The van der Waals surface area contributed by atoms with E-state index in [1.807, 2.05) is 24.6 Å². The summed E-state index contributed by atoms with van der Waals surface area (Å²) in [5.74, 6) is 0.832. The molecular weight excluding hydrogens is 230 g/mol. The van der Waals surface area contributed by atoms with E-state index in [4.69, 9.17) is 11.6 Å². The van der Waals surface area contributed by atoms with E-state index in [0.717, 1.165) is 30.7 Å². The second-order valence-electron chi connectivity index (χ2n) is 3.45. The normalized spacial score (nSPS) is 10.3. The zero-order valence-corrected chi connectivity index (χ0v) is 10.5. The first-order valence-electron chi connectivity index (χ1n) is 5.10. The average molecular weight is 246 g/mol. The maximum atomic E-state index is 11.8. The number of halogens is 1. The molecule has 1 amide bonds. The lowest BCUT2D eigenvalue weighted by molar-refractivity contribution is 0.0797. The van der Waals surface area contributed by atoms with Gasteiger partial charge in [0.15, 0.2) is 0 Å². The summed E-state index contributed by atoms with van der Waals surface area (Å²) in [6, 6.07) is 3.77. The molecule has 0 aliphatic heterocycles. The van der Waals surface area contributed by atoms with Gasteiger partial charge in [-0.15, -0.1) is 22.9 Å². The van der Waals surface area contributed by atoms with Crippen molar-refractivity contribution >= 4 is 28.8 Å². The molecule has 15 heavy (non-hydrogen) atoms. The van der Waals surface area contributed by atoms with E-state index in [1.54, 1.807) is 4.90 Å². The Bertz CT molecular complexity index is 287. The number of unbranched alkanes of at least 4 members (excludes halogenated alkanes) is 2. The van der Waals surface area contributed by atoms with Crippen molar-refractivity contribution in [2.45, 2.75) is 19.3 Å². The number of amides is 1. The smallest absolute Gasteiger partial charge is 0.263 e. The third-order valence-corrected chi connectivity index (χ3v) is 3.33. The first-order valence-corrected chi connectivity index (χ1v) is 6.52. The van der Waals surface area contributed by atoms with Crippen LogP contribution in [0.25, 0.3) is 0 Å². The van der Waals surface area contributed by atoms with Gasteiger partial charge in [0.05, 0.1) is 4.88 Å². The number of nitrogens with zero attached hydrogens (tertiary/aromatic N) is 1. The highest BCUT2D eigenvalue weighted by Gasteiger charge is 2.11. The summed E-state index contributed by atoms with van der Waals surface area (Å²) >= 11 is 7.07. The van der Waals surface area contributed by atoms with Crippen molar-refractivity contribution in [2.75, 3.05) is 19.5 Å². The van der Waals surface area contributed by atoms with Crippen LogP contribution in [0.2, 0.25) is 0 Å². The summed E-state index contributed by atoms with van der Waals surface area (Å²) in [6.07, 6.45) is 3.15. The number of carbonyl (C=O) groups excluding carboxylic acids is 1. The molecule has 84 valence electrons. The summed E-state index contributed by atoms with van der Waals surface area (Å²) in [7, 11) is 1.85. The minimum Gasteiger partial charge on any atom is -0.341 e. The second-order valence-corrected chi connectivity index (χ2v) is 4.78. The molecule has 0 saturated heterocycles. The fourth-order valence-corrected chi connectivity index (χ4v) is 2.22. The Balaban J connectivity index is 2.28. The van der Waals surface area contributed by atoms with Gasteiger partial charge in [0.1, 0.15) is 0 Å². The molecule has 1 aromatic rings. The van der Waals surface area contributed by atoms with Gasteiger partial charge in [-0.3, -0.25) is 4.79 Å². The number of alkyl halides is 1. The maximum Gasteiger partial charge on any atom is 0.263 e. The SMILES string of the molecule is CN(CCCCCCl)C(=O)c1cccs1. The van der Waals surface area contributed by atoms with E-state index in [2.05, 4.69) is 0 Å². The van der Waals surface area contributed by atoms with Gasteiger partial charge in [-0.1, -0.05) is 12.5 Å². The lowest BCUT2D eigenvalue weighted by Gasteiger charge is -2.15. The van der Waals surface area contributed by atoms with E-state index >= 15 is 0 Å². The summed E-state index contributed by atoms with van der Waals surface area (Å²) in [6.45, 7) is 0.813. The molecular formula is C11H16ClNOS. The van der Waals surface area contributed by atoms with E-state index in [9.17, 15) is 4.79 Å². The van der Waals surface area contributed by atoms with Crippen LogP contribution in [-0.2, 0) is 0 Å². The van der Waals surface area contributed by atoms with Crippen LogP contribution in [0.1, 0.15) is 28.9 Å². The highest BCUT2D eigenvalue weighted by molar-refractivity contribution is 7.12. The van der Waals surface area contributed by atoms with Crippen LogP contribution >= 0.6 is 22.9 Å². The summed E-state index contributed by atoms with van der Waals surface area (Å²) in [4.78, 5) is 14.4. The lowest BCUT2D eigenvalue weighted by Crippen LogP contribution is -2.26. The molecule has 1 heterocycles. The van der Waals surface area contributed by atoms with Crippen molar-refractivity contribution in [2.24, 2.45) is 0 Å². The molecule has 0 aliphatic carbocycles. The molecule has 0 spiro atoms. The van der Waals surface area contributed by atoms with Crippen molar-refractivity contribution in [1.29, 1.82) is 0 Å². The standard InChI is InChI=1S/C11H16ClNOS/c1-13(8-4-2-3-7-12)11(14)10-6-5-9-15-10/h5-6,9H,2-4,7-8H2,1H3. The summed E-state index contributed by atoms with van der Waals surface area (Å²) < 4.78 is 0. The topological polar surface area (TPSA) is 20.3 Å². The van der Waals surface area contributed by atoms with E-state index in [0.29, 0.717) is 5.88 Å². The van der Waals surface area contributed by atoms with Gasteiger partial charge >= 0.3 is 0 Å². The molecule has 0 N–H and O–H groups in total. The van der Waals surface area contributed by atoms with Crippen LogP contribution in [0.4, 0.5) is 0 Å². The zero-order chi connectivity index (χ0) is 11.1. The second kappa shape index (κ2) is 6.85. The Labute approximate surface area is 99.9 Å². The molecule has 0 bridgehead atoms. The minimum absolute atomic E-state index is 0.121. The average Bonchev–Trinajstić information content (AvgIpc) is 2.76. The molecule has 0 atom stereocenters. The van der Waals surface area contributed by atoms with Crippen LogP contribution in [0, 0.1) is 0 Å². The van der Waals surface area contributed by atoms with Crippen molar-refractivity contribution < 1.29 is 4.79 Å². The molecule has 0 aromatic carbocycles. The maximum absolute atomic E-state index is 11.8. The Morgan fingerprint density at radius 2 is 2.27 bits per heavy atom. The van der Waals surface area contributed by atoms with E-state index in [-0.39, 0.29) is 5.91 Å². The van der Waals surface area contributed by atoms with Gasteiger partial charge in [0, 0.05) is 19.5 Å². The van der Waals surface area contributed by atoms with Crippen molar-refractivity contribution in [3.63, 3.8) is 0 Å². The number of thiophene rings is 1. The molecule has 0 unspecified atom stereocenters. The fraction of sp³-hybridized carbons (Fsp3) is 0.545. The number of hydrogen-bond donors (Lipinski definition) is 0. The van der Waals surface area contributed by atoms with Crippen molar-refractivity contribution in [3.8, 4) is 0 Å². The zero-order valence-electron chi connectivity index (χ0n) is 8.91. The van der Waals surface area contributed by atoms with Crippen LogP contribution in [0.15, 0.2) is 17.5 Å². The first kappa shape index (κ1) is 12.5.